The summed E-state index contributed by atoms with van der Waals surface area (Å²) in [6, 6.07) is 13.6. The number of nitrogens with zero attached hydrogens (tertiary/aromatic N) is 2. The van der Waals surface area contributed by atoms with Gasteiger partial charge < -0.3 is 20.7 Å². The Morgan fingerprint density at radius 2 is 1.91 bits per heavy atom. The maximum absolute atomic E-state index is 12.4. The summed E-state index contributed by atoms with van der Waals surface area (Å²) in [5.41, 5.74) is 1.90. The monoisotopic (exact) mass is 451 g/mol. The fourth-order valence-corrected chi connectivity index (χ4v) is 4.06. The molecule has 4 rings (SSSR count). The Bertz CT molecular complexity index is 1150. The van der Waals surface area contributed by atoms with Crippen LogP contribution >= 0.6 is 11.3 Å². The number of hydrogen-bond donors (Lipinski definition) is 3. The summed E-state index contributed by atoms with van der Waals surface area (Å²) in [7, 11) is 1.61. The van der Waals surface area contributed by atoms with E-state index < -0.39 is 6.04 Å². The SMILES string of the molecule is COc1ccc(Cc2nnc(NC(=O)CC[C@@H]3NC(=O)c4ccccc4NC3=O)s2)cc1. The van der Waals surface area contributed by atoms with E-state index >= 15 is 0 Å². The number of carbonyl (C=O) groups excluding carboxylic acids is 3. The highest BCUT2D eigenvalue weighted by Gasteiger charge is 2.28. The molecule has 0 unspecified atom stereocenters. The number of amides is 3. The van der Waals surface area contributed by atoms with Crippen LogP contribution in [0.1, 0.15) is 33.8 Å². The van der Waals surface area contributed by atoms with Crippen LogP contribution in [0, 0.1) is 0 Å². The van der Waals surface area contributed by atoms with Gasteiger partial charge in [-0.15, -0.1) is 10.2 Å². The van der Waals surface area contributed by atoms with Gasteiger partial charge in [-0.05, 0) is 36.2 Å². The Kier molecular flexibility index (Phi) is 6.41. The van der Waals surface area contributed by atoms with Crippen molar-refractivity contribution < 1.29 is 19.1 Å². The Morgan fingerprint density at radius 1 is 1.12 bits per heavy atom. The molecule has 2 aromatic carbocycles. The normalized spacial score (nSPS) is 15.2. The van der Waals surface area contributed by atoms with Crippen LogP contribution in [-0.4, -0.2) is 41.1 Å². The lowest BCUT2D eigenvalue weighted by molar-refractivity contribution is -0.118. The molecule has 1 aromatic heterocycles. The van der Waals surface area contributed by atoms with Crippen molar-refractivity contribution in [2.75, 3.05) is 17.7 Å². The second kappa shape index (κ2) is 9.56. The number of aromatic nitrogens is 2. The maximum Gasteiger partial charge on any atom is 0.254 e. The van der Waals surface area contributed by atoms with E-state index in [1.54, 1.807) is 31.4 Å². The smallest absolute Gasteiger partial charge is 0.254 e. The van der Waals surface area contributed by atoms with Crippen LogP contribution in [0.15, 0.2) is 48.5 Å². The molecule has 3 N–H and O–H groups in total. The van der Waals surface area contributed by atoms with E-state index in [0.29, 0.717) is 22.8 Å². The predicted octanol–water partition coefficient (Wildman–Crippen LogP) is 2.61. The summed E-state index contributed by atoms with van der Waals surface area (Å²) >= 11 is 1.29. The van der Waals surface area contributed by atoms with Gasteiger partial charge in [-0.2, -0.15) is 0 Å². The summed E-state index contributed by atoms with van der Waals surface area (Å²) in [6.45, 7) is 0. The molecule has 1 aliphatic rings. The number of anilines is 2. The zero-order valence-corrected chi connectivity index (χ0v) is 18.1. The van der Waals surface area contributed by atoms with Gasteiger partial charge in [0.15, 0.2) is 0 Å². The lowest BCUT2D eigenvalue weighted by atomic mass is 10.1. The molecule has 0 saturated carbocycles. The van der Waals surface area contributed by atoms with Crippen molar-refractivity contribution in [2.45, 2.75) is 25.3 Å². The molecular formula is C22H21N5O4S. The fraction of sp³-hybridized carbons (Fsp3) is 0.227. The standard InChI is InChI=1S/C22H21N5O4S/c1-31-14-8-6-13(7-9-14)12-19-26-27-22(32-19)25-18(28)11-10-17-21(30)23-16-5-3-2-4-15(16)20(29)24-17/h2-9,17H,10-12H2,1H3,(H,23,30)(H,24,29)(H,25,27,28)/t17-/m0/s1. The highest BCUT2D eigenvalue weighted by Crippen LogP contribution is 2.22. The zero-order chi connectivity index (χ0) is 22.5. The third-order valence-electron chi connectivity index (χ3n) is 4.94. The van der Waals surface area contributed by atoms with E-state index in [2.05, 4.69) is 26.1 Å². The maximum atomic E-state index is 12.4. The molecule has 10 heteroatoms. The Labute approximate surface area is 188 Å². The van der Waals surface area contributed by atoms with E-state index in [0.717, 1.165) is 16.3 Å². The zero-order valence-electron chi connectivity index (χ0n) is 17.3. The summed E-state index contributed by atoms with van der Waals surface area (Å²) in [5.74, 6) is -0.229. The predicted molar refractivity (Wildman–Crippen MR) is 120 cm³/mol. The highest BCUT2D eigenvalue weighted by molar-refractivity contribution is 7.15. The average Bonchev–Trinajstić information content (AvgIpc) is 3.18. The minimum absolute atomic E-state index is 0.0438. The molecule has 0 fully saturated rings. The number of fused-ring (bicyclic) bond motifs is 1. The van der Waals surface area contributed by atoms with Crippen LogP contribution in [0.25, 0.3) is 0 Å². The topological polar surface area (TPSA) is 122 Å². The molecule has 32 heavy (non-hydrogen) atoms. The number of nitrogens with one attached hydrogen (secondary N) is 3. The van der Waals surface area contributed by atoms with Crippen molar-refractivity contribution >= 4 is 39.9 Å². The minimum Gasteiger partial charge on any atom is -0.497 e. The molecule has 2 heterocycles. The van der Waals surface area contributed by atoms with Crippen LogP contribution in [0.2, 0.25) is 0 Å². The van der Waals surface area contributed by atoms with Gasteiger partial charge in [0.25, 0.3) is 5.91 Å². The summed E-state index contributed by atoms with van der Waals surface area (Å²) in [6.07, 6.45) is 0.795. The van der Waals surface area contributed by atoms with E-state index in [1.807, 2.05) is 24.3 Å². The van der Waals surface area contributed by atoms with Crippen molar-refractivity contribution in [2.24, 2.45) is 0 Å². The molecule has 0 saturated heterocycles. The molecule has 0 bridgehead atoms. The van der Waals surface area contributed by atoms with Gasteiger partial charge in [-0.25, -0.2) is 0 Å². The number of ether oxygens (including phenoxy) is 1. The molecule has 3 amide bonds. The highest BCUT2D eigenvalue weighted by atomic mass is 32.1. The lowest BCUT2D eigenvalue weighted by Gasteiger charge is -2.13. The van der Waals surface area contributed by atoms with Crippen LogP contribution in [0.3, 0.4) is 0 Å². The van der Waals surface area contributed by atoms with Crippen LogP contribution in [0.4, 0.5) is 10.8 Å². The lowest BCUT2D eigenvalue weighted by Crippen LogP contribution is -2.41. The number of carbonyl (C=O) groups is 3. The van der Waals surface area contributed by atoms with Crippen molar-refractivity contribution in [3.8, 4) is 5.75 Å². The molecule has 0 spiro atoms. The van der Waals surface area contributed by atoms with E-state index in [-0.39, 0.29) is 30.6 Å². The van der Waals surface area contributed by atoms with Gasteiger partial charge in [0, 0.05) is 12.8 Å². The summed E-state index contributed by atoms with van der Waals surface area (Å²) < 4.78 is 5.15. The van der Waals surface area contributed by atoms with Gasteiger partial charge in [0.2, 0.25) is 16.9 Å². The first-order valence-corrected chi connectivity index (χ1v) is 10.8. The van der Waals surface area contributed by atoms with Crippen molar-refractivity contribution in [1.29, 1.82) is 0 Å². The number of benzene rings is 2. The van der Waals surface area contributed by atoms with Crippen LogP contribution < -0.4 is 20.7 Å². The van der Waals surface area contributed by atoms with E-state index in [9.17, 15) is 14.4 Å². The van der Waals surface area contributed by atoms with E-state index in [4.69, 9.17) is 4.74 Å². The Morgan fingerprint density at radius 3 is 2.69 bits per heavy atom. The molecular weight excluding hydrogens is 430 g/mol. The Hall–Kier alpha value is -3.79. The Balaban J connectivity index is 1.30. The fourth-order valence-electron chi connectivity index (χ4n) is 3.27. The number of para-hydroxylation sites is 1. The van der Waals surface area contributed by atoms with Gasteiger partial charge in [-0.1, -0.05) is 35.6 Å². The van der Waals surface area contributed by atoms with Gasteiger partial charge >= 0.3 is 0 Å². The minimum atomic E-state index is -0.805. The second-order valence-corrected chi connectivity index (χ2v) is 8.24. The molecule has 1 aliphatic heterocycles. The van der Waals surface area contributed by atoms with Gasteiger partial charge in [0.1, 0.15) is 16.8 Å². The number of methoxy groups -OCH3 is 1. The third-order valence-corrected chi connectivity index (χ3v) is 5.78. The van der Waals surface area contributed by atoms with Crippen LogP contribution in [0.5, 0.6) is 5.75 Å². The molecule has 3 aromatic rings. The quantitative estimate of drug-likeness (QED) is 0.508. The molecule has 0 radical (unpaired) electrons. The first kappa shape index (κ1) is 21.4. The van der Waals surface area contributed by atoms with Crippen molar-refractivity contribution in [3.63, 3.8) is 0 Å². The summed E-state index contributed by atoms with van der Waals surface area (Å²) in [4.78, 5) is 37.1. The van der Waals surface area contributed by atoms with Gasteiger partial charge in [0.05, 0.1) is 18.4 Å². The average molecular weight is 452 g/mol. The molecule has 1 atom stereocenters. The largest absolute Gasteiger partial charge is 0.497 e. The molecule has 0 aliphatic carbocycles. The number of rotatable bonds is 7. The third kappa shape index (κ3) is 5.09. The molecule has 164 valence electrons. The second-order valence-electron chi connectivity index (χ2n) is 7.17. The van der Waals surface area contributed by atoms with Gasteiger partial charge in [-0.3, -0.25) is 14.4 Å². The van der Waals surface area contributed by atoms with Crippen LogP contribution in [-0.2, 0) is 16.0 Å². The van der Waals surface area contributed by atoms with E-state index in [1.165, 1.54) is 11.3 Å². The van der Waals surface area contributed by atoms with Crippen molar-refractivity contribution in [3.05, 3.63) is 64.7 Å². The summed E-state index contributed by atoms with van der Waals surface area (Å²) in [5, 5.41) is 17.4. The molecule has 9 nitrogen and oxygen atoms in total. The first-order chi connectivity index (χ1) is 15.5. The first-order valence-electron chi connectivity index (χ1n) is 9.98. The number of hydrogen-bond acceptors (Lipinski definition) is 7. The van der Waals surface area contributed by atoms with Crippen molar-refractivity contribution in [1.82, 2.24) is 15.5 Å².